The summed E-state index contributed by atoms with van der Waals surface area (Å²) in [7, 11) is 0. The molecule has 0 spiro atoms. The number of anilines is 1. The van der Waals surface area contributed by atoms with E-state index in [1.165, 1.54) is 12.1 Å². The van der Waals surface area contributed by atoms with Gasteiger partial charge in [-0.1, -0.05) is 34.1 Å². The van der Waals surface area contributed by atoms with Gasteiger partial charge in [0.1, 0.15) is 11.6 Å². The van der Waals surface area contributed by atoms with Crippen LogP contribution in [-0.2, 0) is 0 Å². The smallest absolute Gasteiger partial charge is 0.128 e. The summed E-state index contributed by atoms with van der Waals surface area (Å²) in [5.41, 5.74) is 1.09. The van der Waals surface area contributed by atoms with Crippen LogP contribution in [0.25, 0.3) is 0 Å². The first kappa shape index (κ1) is 13.9. The number of benzene rings is 2. The van der Waals surface area contributed by atoms with Crippen LogP contribution >= 0.6 is 15.9 Å². The molecule has 0 aliphatic carbocycles. The van der Waals surface area contributed by atoms with Gasteiger partial charge in [-0.3, -0.25) is 0 Å². The first-order chi connectivity index (χ1) is 9.24. The number of ether oxygens (including phenoxy) is 1. The van der Waals surface area contributed by atoms with E-state index < -0.39 is 0 Å². The maximum absolute atomic E-state index is 13.1. The number of para-hydroxylation sites is 1. The van der Waals surface area contributed by atoms with Crippen LogP contribution in [0.1, 0.15) is 6.42 Å². The van der Waals surface area contributed by atoms with Crippen LogP contribution in [0.4, 0.5) is 10.1 Å². The largest absolute Gasteiger partial charge is 0.493 e. The summed E-state index contributed by atoms with van der Waals surface area (Å²) in [6, 6.07) is 14.5. The lowest BCUT2D eigenvalue weighted by atomic mass is 10.3. The standard InChI is InChI=1S/C15H15BrFNO/c16-12-9-13(17)11-15(10-12)19-8-4-7-18-14-5-2-1-3-6-14/h1-3,5-6,9-11,18H,4,7-8H2. The molecule has 2 rings (SSSR count). The third-order valence-electron chi connectivity index (χ3n) is 2.53. The van der Waals surface area contributed by atoms with Gasteiger partial charge in [-0.15, -0.1) is 0 Å². The van der Waals surface area contributed by atoms with E-state index in [2.05, 4.69) is 21.2 Å². The van der Waals surface area contributed by atoms with Gasteiger partial charge in [0, 0.05) is 22.8 Å². The lowest BCUT2D eigenvalue weighted by Gasteiger charge is -2.08. The Hall–Kier alpha value is -1.55. The van der Waals surface area contributed by atoms with E-state index in [1.54, 1.807) is 6.07 Å². The molecular weight excluding hydrogens is 309 g/mol. The molecular formula is C15H15BrFNO. The molecule has 0 unspecified atom stereocenters. The first-order valence-electron chi connectivity index (χ1n) is 6.12. The van der Waals surface area contributed by atoms with Crippen LogP contribution < -0.4 is 10.1 Å². The molecule has 100 valence electrons. The van der Waals surface area contributed by atoms with Crippen LogP contribution in [-0.4, -0.2) is 13.2 Å². The van der Waals surface area contributed by atoms with Gasteiger partial charge in [0.25, 0.3) is 0 Å². The average molecular weight is 324 g/mol. The monoisotopic (exact) mass is 323 g/mol. The molecule has 0 heterocycles. The second-order valence-corrected chi connectivity index (χ2v) is 5.02. The van der Waals surface area contributed by atoms with E-state index in [0.29, 0.717) is 16.8 Å². The minimum Gasteiger partial charge on any atom is -0.493 e. The Labute approximate surface area is 120 Å². The van der Waals surface area contributed by atoms with E-state index in [9.17, 15) is 4.39 Å². The van der Waals surface area contributed by atoms with E-state index in [-0.39, 0.29) is 5.82 Å². The molecule has 0 saturated heterocycles. The Bertz CT molecular complexity index is 499. The molecule has 0 saturated carbocycles. The number of rotatable bonds is 6. The number of hydrogen-bond donors (Lipinski definition) is 1. The van der Waals surface area contributed by atoms with E-state index in [4.69, 9.17) is 4.74 Å². The van der Waals surface area contributed by atoms with Crippen molar-refractivity contribution in [2.24, 2.45) is 0 Å². The summed E-state index contributed by atoms with van der Waals surface area (Å²) in [5, 5.41) is 3.29. The fraction of sp³-hybridized carbons (Fsp3) is 0.200. The summed E-state index contributed by atoms with van der Waals surface area (Å²) < 4.78 is 19.3. The highest BCUT2D eigenvalue weighted by Crippen LogP contribution is 2.20. The van der Waals surface area contributed by atoms with Crippen molar-refractivity contribution in [1.29, 1.82) is 0 Å². The number of nitrogens with one attached hydrogen (secondary N) is 1. The van der Waals surface area contributed by atoms with E-state index >= 15 is 0 Å². The summed E-state index contributed by atoms with van der Waals surface area (Å²) in [6.45, 7) is 1.37. The van der Waals surface area contributed by atoms with Gasteiger partial charge in [0.15, 0.2) is 0 Å². The molecule has 1 N–H and O–H groups in total. The maximum atomic E-state index is 13.1. The van der Waals surface area contributed by atoms with Crippen molar-refractivity contribution in [3.8, 4) is 5.75 Å². The van der Waals surface area contributed by atoms with Crippen LogP contribution in [0, 0.1) is 5.82 Å². The van der Waals surface area contributed by atoms with Gasteiger partial charge in [0.2, 0.25) is 0 Å². The predicted octanol–water partition coefficient (Wildman–Crippen LogP) is 4.47. The molecule has 0 aliphatic rings. The molecule has 0 bridgehead atoms. The predicted molar refractivity (Wildman–Crippen MR) is 79.1 cm³/mol. The van der Waals surface area contributed by atoms with Gasteiger partial charge in [-0.05, 0) is 30.7 Å². The highest BCUT2D eigenvalue weighted by atomic mass is 79.9. The van der Waals surface area contributed by atoms with Gasteiger partial charge in [-0.25, -0.2) is 4.39 Å². The molecule has 2 nitrogen and oxygen atoms in total. The van der Waals surface area contributed by atoms with Crippen molar-refractivity contribution in [3.63, 3.8) is 0 Å². The summed E-state index contributed by atoms with van der Waals surface area (Å²) in [4.78, 5) is 0. The summed E-state index contributed by atoms with van der Waals surface area (Å²) in [6.07, 6.45) is 0.850. The molecule has 19 heavy (non-hydrogen) atoms. The summed E-state index contributed by atoms with van der Waals surface area (Å²) >= 11 is 3.23. The molecule has 0 fully saturated rings. The Morgan fingerprint density at radius 3 is 2.63 bits per heavy atom. The quantitative estimate of drug-likeness (QED) is 0.792. The van der Waals surface area contributed by atoms with Crippen LogP contribution in [0.5, 0.6) is 5.75 Å². The Kier molecular flexibility index (Phi) is 5.21. The molecule has 4 heteroatoms. The fourth-order valence-electron chi connectivity index (χ4n) is 1.66. The van der Waals surface area contributed by atoms with Crippen molar-refractivity contribution < 1.29 is 9.13 Å². The van der Waals surface area contributed by atoms with Crippen molar-refractivity contribution in [3.05, 3.63) is 58.8 Å². The van der Waals surface area contributed by atoms with E-state index in [0.717, 1.165) is 18.7 Å². The van der Waals surface area contributed by atoms with E-state index in [1.807, 2.05) is 30.3 Å². The van der Waals surface area contributed by atoms with Crippen molar-refractivity contribution in [2.75, 3.05) is 18.5 Å². The number of halogens is 2. The first-order valence-corrected chi connectivity index (χ1v) is 6.91. The third-order valence-corrected chi connectivity index (χ3v) is 2.99. The second-order valence-electron chi connectivity index (χ2n) is 4.10. The molecule has 0 amide bonds. The maximum Gasteiger partial charge on any atom is 0.128 e. The van der Waals surface area contributed by atoms with Gasteiger partial charge in [-0.2, -0.15) is 0 Å². The number of hydrogen-bond acceptors (Lipinski definition) is 2. The highest BCUT2D eigenvalue weighted by Gasteiger charge is 1.99. The minimum absolute atomic E-state index is 0.299. The molecule has 2 aromatic carbocycles. The van der Waals surface area contributed by atoms with Crippen LogP contribution in [0.3, 0.4) is 0 Å². The molecule has 0 aliphatic heterocycles. The van der Waals surface area contributed by atoms with Gasteiger partial charge in [0.05, 0.1) is 6.61 Å². The summed E-state index contributed by atoms with van der Waals surface area (Å²) in [5.74, 6) is 0.248. The van der Waals surface area contributed by atoms with Crippen molar-refractivity contribution in [1.82, 2.24) is 0 Å². The molecule has 0 radical (unpaired) electrons. The Morgan fingerprint density at radius 1 is 1.11 bits per heavy atom. The fourth-order valence-corrected chi connectivity index (χ4v) is 2.11. The lowest BCUT2D eigenvalue weighted by Crippen LogP contribution is -2.07. The highest BCUT2D eigenvalue weighted by molar-refractivity contribution is 9.10. The topological polar surface area (TPSA) is 21.3 Å². The minimum atomic E-state index is -0.299. The molecule has 0 aromatic heterocycles. The van der Waals surface area contributed by atoms with Gasteiger partial charge < -0.3 is 10.1 Å². The Balaban J connectivity index is 1.69. The van der Waals surface area contributed by atoms with Gasteiger partial charge >= 0.3 is 0 Å². The SMILES string of the molecule is Fc1cc(Br)cc(OCCCNc2ccccc2)c1. The zero-order chi connectivity index (χ0) is 13.5. The normalized spacial score (nSPS) is 10.2. The van der Waals surface area contributed by atoms with Crippen LogP contribution in [0.15, 0.2) is 53.0 Å². The second kappa shape index (κ2) is 7.14. The average Bonchev–Trinajstić information content (AvgIpc) is 2.38. The third kappa shape index (κ3) is 4.91. The zero-order valence-electron chi connectivity index (χ0n) is 10.4. The lowest BCUT2D eigenvalue weighted by molar-refractivity contribution is 0.313. The van der Waals surface area contributed by atoms with Crippen molar-refractivity contribution in [2.45, 2.75) is 6.42 Å². The van der Waals surface area contributed by atoms with Crippen molar-refractivity contribution >= 4 is 21.6 Å². The Morgan fingerprint density at radius 2 is 1.89 bits per heavy atom. The molecule has 2 aromatic rings. The molecule has 0 atom stereocenters. The zero-order valence-corrected chi connectivity index (χ0v) is 12.0. The van der Waals surface area contributed by atoms with Crippen LogP contribution in [0.2, 0.25) is 0 Å².